The number of carbonyl (C=O) groups is 1. The fourth-order valence-corrected chi connectivity index (χ4v) is 2.47. The molecule has 2 amide bonds. The largest absolute Gasteiger partial charge is 0.493 e. The lowest BCUT2D eigenvalue weighted by Gasteiger charge is -2.14. The van der Waals surface area contributed by atoms with Crippen molar-refractivity contribution in [3.05, 3.63) is 45.9 Å². The second-order valence-electron chi connectivity index (χ2n) is 4.97. The molecular formula is C17H18Cl2N2O4. The maximum Gasteiger partial charge on any atom is 0.319 e. The highest BCUT2D eigenvalue weighted by Gasteiger charge is 2.13. The fraction of sp³-hybridized carbons (Fsp3) is 0.235. The van der Waals surface area contributed by atoms with Crippen LogP contribution in [-0.4, -0.2) is 27.4 Å². The van der Waals surface area contributed by atoms with Gasteiger partial charge in [-0.25, -0.2) is 4.79 Å². The van der Waals surface area contributed by atoms with E-state index in [1.165, 1.54) is 21.3 Å². The van der Waals surface area contributed by atoms with E-state index < -0.39 is 0 Å². The van der Waals surface area contributed by atoms with E-state index in [9.17, 15) is 4.79 Å². The summed E-state index contributed by atoms with van der Waals surface area (Å²) in [4.78, 5) is 12.0. The molecule has 25 heavy (non-hydrogen) atoms. The number of amides is 2. The van der Waals surface area contributed by atoms with Crippen molar-refractivity contribution in [3.63, 3.8) is 0 Å². The highest BCUT2D eigenvalue weighted by atomic mass is 35.5. The minimum absolute atomic E-state index is 0.268. The third kappa shape index (κ3) is 4.84. The van der Waals surface area contributed by atoms with Crippen LogP contribution in [-0.2, 0) is 6.54 Å². The van der Waals surface area contributed by atoms with Crippen molar-refractivity contribution in [3.8, 4) is 17.2 Å². The predicted molar refractivity (Wildman–Crippen MR) is 98.4 cm³/mol. The quantitative estimate of drug-likeness (QED) is 0.776. The fourth-order valence-electron chi connectivity index (χ4n) is 2.17. The van der Waals surface area contributed by atoms with Crippen molar-refractivity contribution >= 4 is 34.9 Å². The molecule has 0 bridgehead atoms. The molecule has 0 saturated heterocycles. The van der Waals surface area contributed by atoms with Gasteiger partial charge in [0.1, 0.15) is 0 Å². The normalized spacial score (nSPS) is 10.1. The number of halogens is 2. The van der Waals surface area contributed by atoms with E-state index >= 15 is 0 Å². The first-order valence-corrected chi connectivity index (χ1v) is 8.02. The number of benzene rings is 2. The van der Waals surface area contributed by atoms with Gasteiger partial charge in [-0.15, -0.1) is 0 Å². The maximum atomic E-state index is 12.0. The number of hydrogen-bond acceptors (Lipinski definition) is 4. The molecule has 0 aromatic heterocycles. The van der Waals surface area contributed by atoms with Gasteiger partial charge < -0.3 is 24.8 Å². The van der Waals surface area contributed by atoms with Crippen LogP contribution in [0, 0.1) is 0 Å². The monoisotopic (exact) mass is 384 g/mol. The van der Waals surface area contributed by atoms with Crippen LogP contribution in [0.2, 0.25) is 10.0 Å². The minimum atomic E-state index is -0.382. The zero-order valence-electron chi connectivity index (χ0n) is 14.0. The third-order valence-electron chi connectivity index (χ3n) is 3.36. The standard InChI is InChI=1S/C17H18Cl2N2O4/c1-23-14-6-10(7-15(24-2)16(14)25-3)9-20-17(22)21-11-4-5-12(18)13(19)8-11/h4-8H,9H2,1-3H3,(H2,20,21,22). The van der Waals surface area contributed by atoms with Gasteiger partial charge in [0.25, 0.3) is 0 Å². The number of anilines is 1. The number of nitrogens with one attached hydrogen (secondary N) is 2. The number of rotatable bonds is 6. The van der Waals surface area contributed by atoms with Crippen molar-refractivity contribution in [1.29, 1.82) is 0 Å². The Morgan fingerprint density at radius 1 is 0.960 bits per heavy atom. The van der Waals surface area contributed by atoms with Crippen molar-refractivity contribution in [2.75, 3.05) is 26.6 Å². The zero-order chi connectivity index (χ0) is 18.4. The van der Waals surface area contributed by atoms with E-state index in [1.54, 1.807) is 30.3 Å². The zero-order valence-corrected chi connectivity index (χ0v) is 15.5. The Balaban J connectivity index is 2.04. The van der Waals surface area contributed by atoms with E-state index in [2.05, 4.69) is 10.6 Å². The topological polar surface area (TPSA) is 68.8 Å². The van der Waals surface area contributed by atoms with Gasteiger partial charge in [0.2, 0.25) is 5.75 Å². The summed E-state index contributed by atoms with van der Waals surface area (Å²) in [5, 5.41) is 6.21. The van der Waals surface area contributed by atoms with Crippen molar-refractivity contribution < 1.29 is 19.0 Å². The van der Waals surface area contributed by atoms with Gasteiger partial charge >= 0.3 is 6.03 Å². The molecule has 2 N–H and O–H groups in total. The van der Waals surface area contributed by atoms with Gasteiger partial charge in [-0.1, -0.05) is 23.2 Å². The molecule has 0 heterocycles. The van der Waals surface area contributed by atoms with Gasteiger partial charge in [0, 0.05) is 12.2 Å². The lowest BCUT2D eigenvalue weighted by atomic mass is 10.2. The van der Waals surface area contributed by atoms with Gasteiger partial charge in [-0.3, -0.25) is 0 Å². The Bertz CT molecular complexity index is 743. The Hall–Kier alpha value is -2.31. The van der Waals surface area contributed by atoms with Gasteiger partial charge in [0.05, 0.1) is 31.4 Å². The Morgan fingerprint density at radius 2 is 1.60 bits per heavy atom. The first-order valence-electron chi connectivity index (χ1n) is 7.27. The first kappa shape index (κ1) is 19.0. The van der Waals surface area contributed by atoms with Crippen LogP contribution in [0.4, 0.5) is 10.5 Å². The Labute approximate surface area is 156 Å². The molecule has 0 atom stereocenters. The Kier molecular flexibility index (Phi) is 6.61. The average Bonchev–Trinajstić information content (AvgIpc) is 2.62. The molecule has 2 rings (SSSR count). The molecule has 6 nitrogen and oxygen atoms in total. The van der Waals surface area contributed by atoms with Gasteiger partial charge in [-0.05, 0) is 35.9 Å². The highest BCUT2D eigenvalue weighted by Crippen LogP contribution is 2.38. The minimum Gasteiger partial charge on any atom is -0.493 e. The van der Waals surface area contributed by atoms with Crippen LogP contribution in [0.15, 0.2) is 30.3 Å². The van der Waals surface area contributed by atoms with E-state index in [0.29, 0.717) is 33.0 Å². The van der Waals surface area contributed by atoms with E-state index in [1.807, 2.05) is 0 Å². The SMILES string of the molecule is COc1cc(CNC(=O)Nc2ccc(Cl)c(Cl)c2)cc(OC)c1OC. The summed E-state index contributed by atoms with van der Waals surface area (Å²) >= 11 is 11.8. The maximum absolute atomic E-state index is 12.0. The summed E-state index contributed by atoms with van der Waals surface area (Å²) in [5.41, 5.74) is 1.33. The second-order valence-corrected chi connectivity index (χ2v) is 5.78. The summed E-state index contributed by atoms with van der Waals surface area (Å²) in [7, 11) is 4.60. The summed E-state index contributed by atoms with van der Waals surface area (Å²) in [6.07, 6.45) is 0. The van der Waals surface area contributed by atoms with Crippen molar-refractivity contribution in [2.45, 2.75) is 6.54 Å². The molecule has 0 aliphatic rings. The molecule has 0 aliphatic carbocycles. The van der Waals surface area contributed by atoms with E-state index in [4.69, 9.17) is 37.4 Å². The van der Waals surface area contributed by atoms with Gasteiger partial charge in [-0.2, -0.15) is 0 Å². The molecule has 0 saturated carbocycles. The molecule has 0 spiro atoms. The lowest BCUT2D eigenvalue weighted by Crippen LogP contribution is -2.28. The molecule has 0 fully saturated rings. The molecule has 0 aliphatic heterocycles. The molecule has 8 heteroatoms. The highest BCUT2D eigenvalue weighted by molar-refractivity contribution is 6.42. The summed E-state index contributed by atoms with van der Waals surface area (Å²) in [5.74, 6) is 1.53. The summed E-state index contributed by atoms with van der Waals surface area (Å²) in [6, 6.07) is 7.99. The number of methoxy groups -OCH3 is 3. The Morgan fingerprint density at radius 3 is 2.12 bits per heavy atom. The third-order valence-corrected chi connectivity index (χ3v) is 4.09. The molecule has 2 aromatic carbocycles. The molecule has 2 aromatic rings. The number of urea groups is 1. The predicted octanol–water partition coefficient (Wildman–Crippen LogP) is 4.34. The van der Waals surface area contributed by atoms with Crippen LogP contribution >= 0.6 is 23.2 Å². The molecule has 0 unspecified atom stereocenters. The molecular weight excluding hydrogens is 367 g/mol. The van der Waals surface area contributed by atoms with E-state index in [0.717, 1.165) is 5.56 Å². The number of ether oxygens (including phenoxy) is 3. The molecule has 0 radical (unpaired) electrons. The van der Waals surface area contributed by atoms with Crippen LogP contribution in [0.3, 0.4) is 0 Å². The van der Waals surface area contributed by atoms with Crippen LogP contribution in [0.25, 0.3) is 0 Å². The summed E-state index contributed by atoms with van der Waals surface area (Å²) < 4.78 is 15.8. The van der Waals surface area contributed by atoms with Crippen molar-refractivity contribution in [2.24, 2.45) is 0 Å². The number of hydrogen-bond donors (Lipinski definition) is 2. The van der Waals surface area contributed by atoms with Crippen LogP contribution in [0.1, 0.15) is 5.56 Å². The lowest BCUT2D eigenvalue weighted by molar-refractivity contribution is 0.251. The molecule has 134 valence electrons. The number of carbonyl (C=O) groups excluding carboxylic acids is 1. The smallest absolute Gasteiger partial charge is 0.319 e. The van der Waals surface area contributed by atoms with Crippen molar-refractivity contribution in [1.82, 2.24) is 5.32 Å². The first-order chi connectivity index (χ1) is 12.0. The summed E-state index contributed by atoms with van der Waals surface area (Å²) in [6.45, 7) is 0.268. The second kappa shape index (κ2) is 8.69. The van der Waals surface area contributed by atoms with Crippen LogP contribution in [0.5, 0.6) is 17.2 Å². The van der Waals surface area contributed by atoms with Gasteiger partial charge in [0.15, 0.2) is 11.5 Å². The average molecular weight is 385 g/mol. The van der Waals surface area contributed by atoms with Crippen LogP contribution < -0.4 is 24.8 Å². The van der Waals surface area contributed by atoms with E-state index in [-0.39, 0.29) is 12.6 Å².